The number of thiophene rings is 1. The standard InChI is InChI=1S/C15H14N4OS2/c20-14(13-9-4-1-2-5-10(9)18-19-13)17-15-16-11(8-22-15)12-6-3-7-21-12/h3,6-8H,1-2,4-5H2,(H,18,19)(H,16,17,20). The van der Waals surface area contributed by atoms with Crippen molar-refractivity contribution in [3.05, 3.63) is 39.8 Å². The molecular formula is C15H14N4OS2. The number of hydrogen-bond donors (Lipinski definition) is 2. The Balaban J connectivity index is 1.54. The molecule has 0 saturated carbocycles. The van der Waals surface area contributed by atoms with Gasteiger partial charge in [0.05, 0.1) is 10.6 Å². The van der Waals surface area contributed by atoms with E-state index >= 15 is 0 Å². The van der Waals surface area contributed by atoms with E-state index in [1.807, 2.05) is 22.9 Å². The number of nitrogens with one attached hydrogen (secondary N) is 2. The number of rotatable bonds is 3. The number of amides is 1. The van der Waals surface area contributed by atoms with Crippen LogP contribution in [0.2, 0.25) is 0 Å². The van der Waals surface area contributed by atoms with Crippen molar-refractivity contribution >= 4 is 33.7 Å². The van der Waals surface area contributed by atoms with E-state index < -0.39 is 0 Å². The Morgan fingerprint density at radius 1 is 1.27 bits per heavy atom. The molecule has 22 heavy (non-hydrogen) atoms. The zero-order chi connectivity index (χ0) is 14.9. The van der Waals surface area contributed by atoms with E-state index in [4.69, 9.17) is 0 Å². The normalized spacial score (nSPS) is 13.8. The zero-order valence-corrected chi connectivity index (χ0v) is 13.4. The second-order valence-corrected chi connectivity index (χ2v) is 7.01. The molecule has 1 aliphatic rings. The number of anilines is 1. The summed E-state index contributed by atoms with van der Waals surface area (Å²) in [5.74, 6) is -0.175. The van der Waals surface area contributed by atoms with Gasteiger partial charge in [-0.15, -0.1) is 22.7 Å². The molecule has 5 nitrogen and oxygen atoms in total. The SMILES string of the molecule is O=C(Nc1nc(-c2cccs2)cs1)c1n[nH]c2c1CCCC2. The fraction of sp³-hybridized carbons (Fsp3) is 0.267. The Labute approximate surface area is 135 Å². The lowest BCUT2D eigenvalue weighted by molar-refractivity contribution is 0.102. The molecule has 0 atom stereocenters. The van der Waals surface area contributed by atoms with Crippen LogP contribution in [0.4, 0.5) is 5.13 Å². The highest BCUT2D eigenvalue weighted by Crippen LogP contribution is 2.29. The molecule has 112 valence electrons. The summed E-state index contributed by atoms with van der Waals surface area (Å²) in [6.45, 7) is 0. The number of thiazole rings is 1. The first-order valence-corrected chi connectivity index (χ1v) is 8.94. The van der Waals surface area contributed by atoms with Gasteiger partial charge in [-0.3, -0.25) is 15.2 Å². The van der Waals surface area contributed by atoms with Crippen molar-refractivity contribution in [1.82, 2.24) is 15.2 Å². The van der Waals surface area contributed by atoms with Gasteiger partial charge in [-0.05, 0) is 37.1 Å². The van der Waals surface area contributed by atoms with Crippen LogP contribution in [-0.4, -0.2) is 21.1 Å². The fourth-order valence-electron chi connectivity index (χ4n) is 2.69. The van der Waals surface area contributed by atoms with Gasteiger partial charge in [0.25, 0.3) is 5.91 Å². The first-order valence-electron chi connectivity index (χ1n) is 7.18. The van der Waals surface area contributed by atoms with Gasteiger partial charge in [0.1, 0.15) is 0 Å². The van der Waals surface area contributed by atoms with Crippen LogP contribution in [0, 0.1) is 0 Å². The molecule has 1 amide bonds. The van der Waals surface area contributed by atoms with Crippen molar-refractivity contribution in [2.75, 3.05) is 5.32 Å². The smallest absolute Gasteiger partial charge is 0.278 e. The number of hydrogen-bond acceptors (Lipinski definition) is 5. The van der Waals surface area contributed by atoms with Gasteiger partial charge in [-0.1, -0.05) is 6.07 Å². The van der Waals surface area contributed by atoms with Crippen molar-refractivity contribution in [2.45, 2.75) is 25.7 Å². The minimum atomic E-state index is -0.175. The van der Waals surface area contributed by atoms with Gasteiger partial charge >= 0.3 is 0 Å². The highest BCUT2D eigenvalue weighted by atomic mass is 32.1. The van der Waals surface area contributed by atoms with Crippen molar-refractivity contribution in [3.8, 4) is 10.6 Å². The maximum Gasteiger partial charge on any atom is 0.278 e. The van der Waals surface area contributed by atoms with Crippen LogP contribution in [0.25, 0.3) is 10.6 Å². The first-order chi connectivity index (χ1) is 10.8. The summed E-state index contributed by atoms with van der Waals surface area (Å²) < 4.78 is 0. The summed E-state index contributed by atoms with van der Waals surface area (Å²) in [5, 5.41) is 14.6. The largest absolute Gasteiger partial charge is 0.296 e. The number of H-pyrrole nitrogens is 1. The third kappa shape index (κ3) is 2.46. The number of aryl methyl sites for hydroxylation is 1. The molecule has 0 saturated heterocycles. The summed E-state index contributed by atoms with van der Waals surface area (Å²) in [4.78, 5) is 18.0. The molecule has 0 aromatic carbocycles. The molecule has 2 N–H and O–H groups in total. The van der Waals surface area contributed by atoms with Crippen molar-refractivity contribution < 1.29 is 4.79 Å². The molecule has 0 radical (unpaired) electrons. The quantitative estimate of drug-likeness (QED) is 0.769. The Hall–Kier alpha value is -1.99. The Morgan fingerprint density at radius 3 is 3.05 bits per heavy atom. The summed E-state index contributed by atoms with van der Waals surface area (Å²) in [5.41, 5.74) is 3.59. The van der Waals surface area contributed by atoms with E-state index in [-0.39, 0.29) is 5.91 Å². The van der Waals surface area contributed by atoms with Gasteiger partial charge in [-0.2, -0.15) is 5.10 Å². The second kappa shape index (κ2) is 5.66. The number of aromatic nitrogens is 3. The number of fused-ring (bicyclic) bond motifs is 1. The lowest BCUT2D eigenvalue weighted by Crippen LogP contribution is -2.15. The lowest BCUT2D eigenvalue weighted by Gasteiger charge is -2.10. The molecule has 0 spiro atoms. The Morgan fingerprint density at radius 2 is 2.18 bits per heavy atom. The molecule has 3 aromatic heterocycles. The lowest BCUT2D eigenvalue weighted by atomic mass is 9.96. The summed E-state index contributed by atoms with van der Waals surface area (Å²) in [6, 6.07) is 4.02. The van der Waals surface area contributed by atoms with Crippen LogP contribution < -0.4 is 5.32 Å². The van der Waals surface area contributed by atoms with Gasteiger partial charge in [0, 0.05) is 16.6 Å². The number of nitrogens with zero attached hydrogens (tertiary/aromatic N) is 2. The molecule has 0 bridgehead atoms. The van der Waals surface area contributed by atoms with Crippen LogP contribution >= 0.6 is 22.7 Å². The molecule has 0 unspecified atom stereocenters. The average molecular weight is 330 g/mol. The van der Waals surface area contributed by atoms with E-state index in [9.17, 15) is 4.79 Å². The Kier molecular flexibility index (Phi) is 3.51. The fourth-order valence-corrected chi connectivity index (χ4v) is 4.16. The van der Waals surface area contributed by atoms with Crippen molar-refractivity contribution in [2.24, 2.45) is 0 Å². The summed E-state index contributed by atoms with van der Waals surface area (Å²) in [7, 11) is 0. The maximum atomic E-state index is 12.4. The van der Waals surface area contributed by atoms with Crippen molar-refractivity contribution in [3.63, 3.8) is 0 Å². The van der Waals surface area contributed by atoms with E-state index in [0.29, 0.717) is 10.8 Å². The van der Waals surface area contributed by atoms with Crippen molar-refractivity contribution in [1.29, 1.82) is 0 Å². The molecule has 3 heterocycles. The molecule has 4 rings (SSSR count). The monoisotopic (exact) mass is 330 g/mol. The molecule has 0 fully saturated rings. The molecule has 0 aliphatic heterocycles. The maximum absolute atomic E-state index is 12.4. The molecule has 1 aliphatic carbocycles. The van der Waals surface area contributed by atoms with E-state index in [2.05, 4.69) is 20.5 Å². The molecular weight excluding hydrogens is 316 g/mol. The highest BCUT2D eigenvalue weighted by molar-refractivity contribution is 7.16. The summed E-state index contributed by atoms with van der Waals surface area (Å²) >= 11 is 3.08. The minimum Gasteiger partial charge on any atom is -0.296 e. The Bertz CT molecular complexity index is 803. The van der Waals surface area contributed by atoms with E-state index in [1.54, 1.807) is 11.3 Å². The number of aromatic amines is 1. The van der Waals surface area contributed by atoms with Crippen LogP contribution in [0.5, 0.6) is 0 Å². The van der Waals surface area contributed by atoms with E-state index in [0.717, 1.165) is 47.5 Å². The summed E-state index contributed by atoms with van der Waals surface area (Å²) in [6.07, 6.45) is 4.18. The minimum absolute atomic E-state index is 0.175. The van der Waals surface area contributed by atoms with Crippen LogP contribution in [-0.2, 0) is 12.8 Å². The van der Waals surface area contributed by atoms with E-state index in [1.165, 1.54) is 11.3 Å². The second-order valence-electron chi connectivity index (χ2n) is 5.21. The van der Waals surface area contributed by atoms with Gasteiger partial charge in [-0.25, -0.2) is 4.98 Å². The number of carbonyl (C=O) groups is 1. The third-order valence-electron chi connectivity index (χ3n) is 3.77. The average Bonchev–Trinajstić information content (AvgIpc) is 3.27. The van der Waals surface area contributed by atoms with Crippen LogP contribution in [0.3, 0.4) is 0 Å². The first kappa shape index (κ1) is 13.7. The van der Waals surface area contributed by atoms with Crippen LogP contribution in [0.15, 0.2) is 22.9 Å². The zero-order valence-electron chi connectivity index (χ0n) is 11.8. The third-order valence-corrected chi connectivity index (χ3v) is 5.42. The predicted octanol–water partition coefficient (Wildman–Crippen LogP) is 3.73. The van der Waals surface area contributed by atoms with Crippen LogP contribution in [0.1, 0.15) is 34.6 Å². The molecule has 7 heteroatoms. The van der Waals surface area contributed by atoms with Gasteiger partial charge in [0.2, 0.25) is 0 Å². The molecule has 3 aromatic rings. The predicted molar refractivity (Wildman–Crippen MR) is 88.6 cm³/mol. The number of carbonyl (C=O) groups excluding carboxylic acids is 1. The highest BCUT2D eigenvalue weighted by Gasteiger charge is 2.22. The van der Waals surface area contributed by atoms with Gasteiger partial charge < -0.3 is 0 Å². The topological polar surface area (TPSA) is 70.7 Å². The van der Waals surface area contributed by atoms with Gasteiger partial charge in [0.15, 0.2) is 10.8 Å².